The van der Waals surface area contributed by atoms with Crippen LogP contribution in [0.3, 0.4) is 0 Å². The summed E-state index contributed by atoms with van der Waals surface area (Å²) in [6, 6.07) is 12.0. The molecule has 1 N–H and O–H groups in total. The van der Waals surface area contributed by atoms with Gasteiger partial charge >= 0.3 is 0 Å². The zero-order chi connectivity index (χ0) is 20.7. The van der Waals surface area contributed by atoms with E-state index in [9.17, 15) is 4.79 Å². The zero-order valence-corrected chi connectivity index (χ0v) is 18.4. The Labute approximate surface area is 188 Å². The lowest BCUT2D eigenvalue weighted by Gasteiger charge is -2.39. The van der Waals surface area contributed by atoms with Crippen LogP contribution in [0.4, 0.5) is 5.69 Å². The van der Waals surface area contributed by atoms with Crippen molar-refractivity contribution in [3.8, 4) is 0 Å². The number of anilines is 1. The Balaban J connectivity index is 1.56. The quantitative estimate of drug-likeness (QED) is 0.518. The summed E-state index contributed by atoms with van der Waals surface area (Å²) in [4.78, 5) is 15.5. The van der Waals surface area contributed by atoms with E-state index in [0.717, 1.165) is 49.2 Å². The maximum absolute atomic E-state index is 13.5. The number of halogens is 2. The first-order valence-electron chi connectivity index (χ1n) is 10.9. The Kier molecular flexibility index (Phi) is 5.51. The molecule has 5 heteroatoms. The molecule has 1 amide bonds. The molecule has 2 aliphatic heterocycles. The van der Waals surface area contributed by atoms with E-state index in [1.807, 2.05) is 35.2 Å². The zero-order valence-electron chi connectivity index (χ0n) is 16.9. The minimum absolute atomic E-state index is 0.0155. The number of hydrogen-bond acceptors (Lipinski definition) is 2. The van der Waals surface area contributed by atoms with Crippen LogP contribution in [0.25, 0.3) is 0 Å². The van der Waals surface area contributed by atoms with E-state index in [0.29, 0.717) is 16.0 Å². The molecular formula is C25H26Cl2N2O. The Morgan fingerprint density at radius 2 is 1.70 bits per heavy atom. The second-order valence-electron chi connectivity index (χ2n) is 8.59. The molecule has 3 unspecified atom stereocenters. The molecular weight excluding hydrogens is 415 g/mol. The summed E-state index contributed by atoms with van der Waals surface area (Å²) in [5.74, 6) is 0.771. The molecule has 3 aliphatic rings. The first kappa shape index (κ1) is 20.0. The van der Waals surface area contributed by atoms with Crippen molar-refractivity contribution in [3.63, 3.8) is 0 Å². The van der Waals surface area contributed by atoms with E-state index in [1.54, 1.807) is 0 Å². The lowest BCUT2D eigenvalue weighted by molar-refractivity contribution is 0.0762. The van der Waals surface area contributed by atoms with Gasteiger partial charge in [0, 0.05) is 19.0 Å². The highest BCUT2D eigenvalue weighted by Crippen LogP contribution is 2.52. The molecule has 3 atom stereocenters. The van der Waals surface area contributed by atoms with Gasteiger partial charge in [-0.05, 0) is 48.4 Å². The van der Waals surface area contributed by atoms with Gasteiger partial charge in [0.25, 0.3) is 5.91 Å². The number of hydrogen-bond donors (Lipinski definition) is 1. The average molecular weight is 441 g/mol. The molecule has 30 heavy (non-hydrogen) atoms. The summed E-state index contributed by atoms with van der Waals surface area (Å²) in [7, 11) is 0. The van der Waals surface area contributed by atoms with Crippen molar-refractivity contribution in [2.24, 2.45) is 5.92 Å². The van der Waals surface area contributed by atoms with Crippen LogP contribution in [-0.4, -0.2) is 23.9 Å². The molecule has 5 rings (SSSR count). The van der Waals surface area contributed by atoms with Crippen LogP contribution < -0.4 is 5.32 Å². The van der Waals surface area contributed by atoms with Crippen molar-refractivity contribution in [1.29, 1.82) is 0 Å². The fraction of sp³-hybridized carbons (Fsp3) is 0.400. The summed E-state index contributed by atoms with van der Waals surface area (Å²) in [5.41, 5.74) is 3.95. The molecule has 2 aromatic carbocycles. The highest BCUT2D eigenvalue weighted by atomic mass is 35.5. The number of rotatable bonds is 2. The number of nitrogens with zero attached hydrogens (tertiary/aromatic N) is 1. The molecule has 156 valence electrons. The van der Waals surface area contributed by atoms with E-state index in [-0.39, 0.29) is 17.9 Å². The fourth-order valence-electron chi connectivity index (χ4n) is 5.31. The number of nitrogens with one attached hydrogen (secondary N) is 1. The van der Waals surface area contributed by atoms with Crippen LogP contribution in [0.15, 0.2) is 48.6 Å². The van der Waals surface area contributed by atoms with E-state index in [2.05, 4.69) is 23.5 Å². The minimum Gasteiger partial charge on any atom is -0.377 e. The van der Waals surface area contributed by atoms with Crippen LogP contribution >= 0.6 is 23.2 Å². The van der Waals surface area contributed by atoms with E-state index < -0.39 is 0 Å². The van der Waals surface area contributed by atoms with Crippen molar-refractivity contribution in [2.45, 2.75) is 44.1 Å². The SMILES string of the molecule is O=C(c1cccc2c1NC(c1cccc(Cl)c1Cl)C1CC=CC21)N1CCCCCC1. The van der Waals surface area contributed by atoms with Crippen molar-refractivity contribution < 1.29 is 4.79 Å². The standard InChI is InChI=1S/C25H26Cl2N2O/c26-21-13-7-11-19(22(21)27)23-17-9-5-8-16(17)18-10-6-12-20(24(18)28-23)25(30)29-14-3-1-2-4-15-29/h5-8,10-13,16-17,23,28H,1-4,9,14-15H2. The van der Waals surface area contributed by atoms with Gasteiger partial charge in [-0.25, -0.2) is 0 Å². The largest absolute Gasteiger partial charge is 0.377 e. The molecule has 1 fully saturated rings. The van der Waals surface area contributed by atoms with Crippen LogP contribution in [0.5, 0.6) is 0 Å². The number of carbonyl (C=O) groups is 1. The van der Waals surface area contributed by atoms with Crippen molar-refractivity contribution in [3.05, 3.63) is 75.3 Å². The highest BCUT2D eigenvalue weighted by molar-refractivity contribution is 6.42. The first-order valence-corrected chi connectivity index (χ1v) is 11.7. The summed E-state index contributed by atoms with van der Waals surface area (Å²) in [6.45, 7) is 1.69. The Morgan fingerprint density at radius 3 is 2.50 bits per heavy atom. The van der Waals surface area contributed by atoms with Gasteiger partial charge in [0.1, 0.15) is 0 Å². The van der Waals surface area contributed by atoms with E-state index >= 15 is 0 Å². The van der Waals surface area contributed by atoms with Gasteiger partial charge < -0.3 is 10.2 Å². The molecule has 0 saturated carbocycles. The predicted octanol–water partition coefficient (Wildman–Crippen LogP) is 6.84. The summed E-state index contributed by atoms with van der Waals surface area (Å²) in [6.07, 6.45) is 10.1. The molecule has 2 aromatic rings. The lowest BCUT2D eigenvalue weighted by Crippen LogP contribution is -2.35. The maximum Gasteiger partial charge on any atom is 0.255 e. The van der Waals surface area contributed by atoms with Crippen molar-refractivity contribution in [2.75, 3.05) is 18.4 Å². The van der Waals surface area contributed by atoms with Crippen molar-refractivity contribution in [1.82, 2.24) is 4.90 Å². The smallest absolute Gasteiger partial charge is 0.255 e. The lowest BCUT2D eigenvalue weighted by atomic mass is 9.76. The molecule has 0 radical (unpaired) electrons. The third-order valence-electron chi connectivity index (χ3n) is 6.84. The van der Waals surface area contributed by atoms with Crippen molar-refractivity contribution >= 4 is 34.8 Å². The molecule has 0 spiro atoms. The number of fused-ring (bicyclic) bond motifs is 3. The topological polar surface area (TPSA) is 32.3 Å². The predicted molar refractivity (Wildman–Crippen MR) is 124 cm³/mol. The molecule has 3 nitrogen and oxygen atoms in total. The third-order valence-corrected chi connectivity index (χ3v) is 7.67. The molecule has 0 aromatic heterocycles. The number of carbonyl (C=O) groups excluding carboxylic acids is 1. The van der Waals surface area contributed by atoms with E-state index in [4.69, 9.17) is 23.2 Å². The van der Waals surface area contributed by atoms with Gasteiger partial charge in [-0.1, -0.05) is 72.5 Å². The summed E-state index contributed by atoms with van der Waals surface area (Å²) >= 11 is 13.0. The van der Waals surface area contributed by atoms with Crippen LogP contribution in [0, 0.1) is 5.92 Å². The maximum atomic E-state index is 13.5. The number of likely N-dealkylation sites (tertiary alicyclic amines) is 1. The number of allylic oxidation sites excluding steroid dienone is 2. The Hall–Kier alpha value is -1.97. The second kappa shape index (κ2) is 8.28. The monoisotopic (exact) mass is 440 g/mol. The highest BCUT2D eigenvalue weighted by Gasteiger charge is 2.40. The van der Waals surface area contributed by atoms with Crippen LogP contribution in [-0.2, 0) is 0 Å². The summed E-state index contributed by atoms with van der Waals surface area (Å²) in [5, 5.41) is 4.89. The number of amides is 1. The second-order valence-corrected chi connectivity index (χ2v) is 9.38. The van der Waals surface area contributed by atoms with Gasteiger partial charge in [0.05, 0.1) is 27.3 Å². The Morgan fingerprint density at radius 1 is 0.967 bits per heavy atom. The van der Waals surface area contributed by atoms with Gasteiger partial charge in [0.15, 0.2) is 0 Å². The molecule has 2 heterocycles. The number of para-hydroxylation sites is 1. The minimum atomic E-state index is 0.0155. The van der Waals surface area contributed by atoms with Crippen LogP contribution in [0.1, 0.15) is 65.5 Å². The molecule has 1 saturated heterocycles. The van der Waals surface area contributed by atoms with Gasteiger partial charge in [-0.2, -0.15) is 0 Å². The van der Waals surface area contributed by atoms with Crippen LogP contribution in [0.2, 0.25) is 10.0 Å². The number of benzene rings is 2. The Bertz CT molecular complexity index is 995. The fourth-order valence-corrected chi connectivity index (χ4v) is 5.74. The first-order chi connectivity index (χ1) is 14.6. The summed E-state index contributed by atoms with van der Waals surface area (Å²) < 4.78 is 0. The van der Waals surface area contributed by atoms with Gasteiger partial charge in [0.2, 0.25) is 0 Å². The molecule has 1 aliphatic carbocycles. The van der Waals surface area contributed by atoms with Gasteiger partial charge in [-0.3, -0.25) is 4.79 Å². The molecule has 0 bridgehead atoms. The average Bonchev–Trinajstić information content (AvgIpc) is 3.10. The van der Waals surface area contributed by atoms with E-state index in [1.165, 1.54) is 18.4 Å². The normalized spacial score (nSPS) is 25.3. The third kappa shape index (κ3) is 3.42. The van der Waals surface area contributed by atoms with Gasteiger partial charge in [-0.15, -0.1) is 0 Å².